The molecule has 0 spiro atoms. The Balaban J connectivity index is 1.49. The number of nitrogens with one attached hydrogen (secondary N) is 1. The van der Waals surface area contributed by atoms with Crippen LogP contribution in [0.15, 0.2) is 66.7 Å². The van der Waals surface area contributed by atoms with Gasteiger partial charge in [0.15, 0.2) is 0 Å². The molecule has 0 radical (unpaired) electrons. The number of hydrogen-bond donors (Lipinski definition) is 2. The highest BCUT2D eigenvalue weighted by molar-refractivity contribution is 5.83. The molecule has 3 aromatic carbocycles. The first kappa shape index (κ1) is 16.1. The molecule has 0 aliphatic carbocycles. The van der Waals surface area contributed by atoms with E-state index in [0.29, 0.717) is 6.54 Å². The first-order chi connectivity index (χ1) is 11.7. The Kier molecular flexibility index (Phi) is 5.18. The third-order valence-electron chi connectivity index (χ3n) is 3.80. The van der Waals surface area contributed by atoms with Crippen molar-refractivity contribution in [2.45, 2.75) is 6.10 Å². The van der Waals surface area contributed by atoms with Gasteiger partial charge < -0.3 is 19.9 Å². The quantitative estimate of drug-likeness (QED) is 0.696. The Morgan fingerprint density at radius 1 is 0.917 bits per heavy atom. The molecule has 0 fully saturated rings. The first-order valence-corrected chi connectivity index (χ1v) is 7.92. The second-order valence-corrected chi connectivity index (χ2v) is 5.58. The molecule has 0 saturated carbocycles. The van der Waals surface area contributed by atoms with Gasteiger partial charge in [0, 0.05) is 12.2 Å². The number of fused-ring (bicyclic) bond motifs is 1. The van der Waals surface area contributed by atoms with E-state index in [4.69, 9.17) is 9.47 Å². The monoisotopic (exact) mass is 323 g/mol. The van der Waals surface area contributed by atoms with Crippen LogP contribution in [-0.4, -0.2) is 31.5 Å². The third kappa shape index (κ3) is 4.18. The van der Waals surface area contributed by atoms with Crippen molar-refractivity contribution in [3.05, 3.63) is 66.7 Å². The molecule has 1 atom stereocenters. The van der Waals surface area contributed by atoms with E-state index >= 15 is 0 Å². The summed E-state index contributed by atoms with van der Waals surface area (Å²) in [5.41, 5.74) is 0.931. The number of hydrogen-bond acceptors (Lipinski definition) is 4. The van der Waals surface area contributed by atoms with Crippen LogP contribution < -0.4 is 14.8 Å². The van der Waals surface area contributed by atoms with E-state index in [1.807, 2.05) is 60.7 Å². The van der Waals surface area contributed by atoms with Crippen LogP contribution in [0.5, 0.6) is 11.5 Å². The van der Waals surface area contributed by atoms with Crippen LogP contribution in [0.3, 0.4) is 0 Å². The minimum Gasteiger partial charge on any atom is -0.497 e. The summed E-state index contributed by atoms with van der Waals surface area (Å²) >= 11 is 0. The molecule has 0 aliphatic heterocycles. The summed E-state index contributed by atoms with van der Waals surface area (Å²) in [6.45, 7) is 0.654. The number of benzene rings is 3. The average Bonchev–Trinajstić information content (AvgIpc) is 2.65. The molecule has 4 heteroatoms. The van der Waals surface area contributed by atoms with Crippen molar-refractivity contribution in [3.63, 3.8) is 0 Å². The van der Waals surface area contributed by atoms with Gasteiger partial charge in [-0.15, -0.1) is 0 Å². The van der Waals surface area contributed by atoms with E-state index < -0.39 is 6.10 Å². The Labute approximate surface area is 141 Å². The number of anilines is 1. The normalized spacial score (nSPS) is 11.9. The van der Waals surface area contributed by atoms with Crippen molar-refractivity contribution in [2.75, 3.05) is 25.6 Å². The smallest absolute Gasteiger partial charge is 0.120 e. The lowest BCUT2D eigenvalue weighted by molar-refractivity contribution is 0.117. The molecule has 2 N–H and O–H groups in total. The lowest BCUT2D eigenvalue weighted by atomic mass is 10.1. The van der Waals surface area contributed by atoms with Crippen LogP contribution in [0.1, 0.15) is 0 Å². The van der Waals surface area contributed by atoms with Crippen molar-refractivity contribution in [1.82, 2.24) is 0 Å². The zero-order valence-electron chi connectivity index (χ0n) is 13.6. The molecular formula is C20H21NO3. The van der Waals surface area contributed by atoms with Gasteiger partial charge in [0.2, 0.25) is 0 Å². The highest BCUT2D eigenvalue weighted by Gasteiger charge is 2.06. The van der Waals surface area contributed by atoms with Gasteiger partial charge in [0.05, 0.1) is 7.11 Å². The van der Waals surface area contributed by atoms with Crippen LogP contribution in [0.2, 0.25) is 0 Å². The predicted octanol–water partition coefficient (Wildman–Crippen LogP) is 3.70. The van der Waals surface area contributed by atoms with E-state index in [9.17, 15) is 5.11 Å². The van der Waals surface area contributed by atoms with Crippen LogP contribution in [-0.2, 0) is 0 Å². The van der Waals surface area contributed by atoms with Gasteiger partial charge in [-0.25, -0.2) is 0 Å². The van der Waals surface area contributed by atoms with Crippen molar-refractivity contribution in [1.29, 1.82) is 0 Å². The van der Waals surface area contributed by atoms with Crippen molar-refractivity contribution in [2.24, 2.45) is 0 Å². The number of methoxy groups -OCH3 is 1. The van der Waals surface area contributed by atoms with Gasteiger partial charge in [-0.3, -0.25) is 0 Å². The topological polar surface area (TPSA) is 50.7 Å². The molecule has 0 aromatic heterocycles. The van der Waals surface area contributed by atoms with Gasteiger partial charge in [-0.2, -0.15) is 0 Å². The van der Waals surface area contributed by atoms with Crippen LogP contribution in [0, 0.1) is 0 Å². The van der Waals surface area contributed by atoms with Gasteiger partial charge in [0.25, 0.3) is 0 Å². The Morgan fingerprint density at radius 3 is 2.38 bits per heavy atom. The summed E-state index contributed by atoms with van der Waals surface area (Å²) in [5, 5.41) is 15.5. The molecule has 0 aliphatic rings. The van der Waals surface area contributed by atoms with Gasteiger partial charge >= 0.3 is 0 Å². The zero-order chi connectivity index (χ0) is 16.8. The maximum Gasteiger partial charge on any atom is 0.120 e. The molecule has 4 nitrogen and oxygen atoms in total. The summed E-state index contributed by atoms with van der Waals surface area (Å²) in [5.74, 6) is 1.57. The Bertz CT molecular complexity index is 786. The van der Waals surface area contributed by atoms with Crippen LogP contribution in [0.25, 0.3) is 10.8 Å². The Morgan fingerprint density at radius 2 is 1.62 bits per heavy atom. The second kappa shape index (κ2) is 7.70. The summed E-state index contributed by atoms with van der Waals surface area (Å²) in [6.07, 6.45) is -0.599. The molecule has 0 bridgehead atoms. The fourth-order valence-electron chi connectivity index (χ4n) is 2.45. The van der Waals surface area contributed by atoms with E-state index in [0.717, 1.165) is 22.6 Å². The van der Waals surface area contributed by atoms with Crippen molar-refractivity contribution >= 4 is 16.5 Å². The largest absolute Gasteiger partial charge is 0.497 e. The lowest BCUT2D eigenvalue weighted by Gasteiger charge is -2.14. The first-order valence-electron chi connectivity index (χ1n) is 7.92. The number of ether oxygens (including phenoxy) is 2. The highest BCUT2D eigenvalue weighted by Crippen LogP contribution is 2.20. The molecule has 1 unspecified atom stereocenters. The third-order valence-corrected chi connectivity index (χ3v) is 3.80. The van der Waals surface area contributed by atoms with Gasteiger partial charge in [-0.1, -0.05) is 30.3 Å². The fraction of sp³-hybridized carbons (Fsp3) is 0.200. The van der Waals surface area contributed by atoms with Crippen molar-refractivity contribution < 1.29 is 14.6 Å². The molecule has 124 valence electrons. The molecule has 3 rings (SSSR count). The maximum atomic E-state index is 10.1. The van der Waals surface area contributed by atoms with E-state index in [-0.39, 0.29) is 6.61 Å². The minimum atomic E-state index is -0.599. The van der Waals surface area contributed by atoms with E-state index in [1.165, 1.54) is 5.39 Å². The molecule has 24 heavy (non-hydrogen) atoms. The summed E-state index contributed by atoms with van der Waals surface area (Å²) in [7, 11) is 1.64. The van der Waals surface area contributed by atoms with Crippen LogP contribution in [0.4, 0.5) is 5.69 Å². The van der Waals surface area contributed by atoms with Gasteiger partial charge in [0.1, 0.15) is 24.2 Å². The summed E-state index contributed by atoms with van der Waals surface area (Å²) < 4.78 is 10.8. The SMILES string of the molecule is COc1ccc(NCC(O)COc2ccc3ccccc3c2)cc1. The molecular weight excluding hydrogens is 302 g/mol. The predicted molar refractivity (Wildman–Crippen MR) is 96.9 cm³/mol. The molecule has 3 aromatic rings. The van der Waals surface area contributed by atoms with E-state index in [1.54, 1.807) is 7.11 Å². The highest BCUT2D eigenvalue weighted by atomic mass is 16.5. The zero-order valence-corrected chi connectivity index (χ0v) is 13.6. The van der Waals surface area contributed by atoms with Crippen molar-refractivity contribution in [3.8, 4) is 11.5 Å². The summed E-state index contributed by atoms with van der Waals surface area (Å²) in [4.78, 5) is 0. The molecule has 0 saturated heterocycles. The minimum absolute atomic E-state index is 0.238. The number of rotatable bonds is 7. The van der Waals surface area contributed by atoms with E-state index in [2.05, 4.69) is 11.4 Å². The second-order valence-electron chi connectivity index (χ2n) is 5.58. The molecule has 0 heterocycles. The average molecular weight is 323 g/mol. The Hall–Kier alpha value is -2.72. The number of aliphatic hydroxyl groups excluding tert-OH is 1. The standard InChI is InChI=1S/C20H21NO3/c1-23-19-10-7-17(8-11-19)21-13-18(22)14-24-20-9-6-15-4-2-3-5-16(15)12-20/h2-12,18,21-22H,13-14H2,1H3. The maximum absolute atomic E-state index is 10.1. The summed E-state index contributed by atoms with van der Waals surface area (Å²) in [6, 6.07) is 21.6. The lowest BCUT2D eigenvalue weighted by Crippen LogP contribution is -2.26. The number of aliphatic hydroxyl groups is 1. The van der Waals surface area contributed by atoms with Crippen LogP contribution >= 0.6 is 0 Å². The van der Waals surface area contributed by atoms with Gasteiger partial charge in [-0.05, 0) is 47.2 Å². The fourth-order valence-corrected chi connectivity index (χ4v) is 2.45. The molecule has 0 amide bonds.